The molecule has 1 heterocycles. The molecule has 20 heavy (non-hydrogen) atoms. The normalized spacial score (nSPS) is 14.9. The number of carboxylic acid groups (broad SMARTS) is 1. The monoisotopic (exact) mass is 295 g/mol. The molecular formula is C12H13N3O4S. The summed E-state index contributed by atoms with van der Waals surface area (Å²) >= 11 is 1.41. The zero-order chi connectivity index (χ0) is 14.7. The average molecular weight is 295 g/mol. The summed E-state index contributed by atoms with van der Waals surface area (Å²) in [5, 5.41) is 13.8. The molecule has 8 heteroatoms. The van der Waals surface area contributed by atoms with E-state index < -0.39 is 24.3 Å². The molecule has 0 aromatic heterocycles. The van der Waals surface area contributed by atoms with E-state index >= 15 is 0 Å². The van der Waals surface area contributed by atoms with Crippen molar-refractivity contribution < 1.29 is 19.5 Å². The molecule has 1 atom stereocenters. The second-order valence-corrected chi connectivity index (χ2v) is 5.26. The van der Waals surface area contributed by atoms with Crippen LogP contribution in [-0.2, 0) is 14.4 Å². The van der Waals surface area contributed by atoms with Crippen LogP contribution in [0.2, 0.25) is 0 Å². The summed E-state index contributed by atoms with van der Waals surface area (Å²) < 4.78 is 0. The van der Waals surface area contributed by atoms with Gasteiger partial charge in [0, 0.05) is 10.6 Å². The lowest BCUT2D eigenvalue weighted by Gasteiger charge is -2.18. The lowest BCUT2D eigenvalue weighted by molar-refractivity contribution is -0.138. The molecule has 0 aliphatic carbocycles. The van der Waals surface area contributed by atoms with Crippen molar-refractivity contribution in [3.05, 3.63) is 18.2 Å². The molecule has 0 spiro atoms. The highest BCUT2D eigenvalue weighted by Crippen LogP contribution is 2.33. The maximum absolute atomic E-state index is 11.7. The molecule has 106 valence electrons. The molecule has 2 rings (SSSR count). The minimum absolute atomic E-state index is 0.103. The fraction of sp³-hybridized carbons (Fsp3) is 0.250. The average Bonchev–Trinajstić information content (AvgIpc) is 2.37. The van der Waals surface area contributed by atoms with Gasteiger partial charge in [0.1, 0.15) is 0 Å². The van der Waals surface area contributed by atoms with E-state index in [9.17, 15) is 14.4 Å². The molecule has 5 N–H and O–H groups in total. The first kappa shape index (κ1) is 14.4. The minimum Gasteiger partial charge on any atom is -0.481 e. The fourth-order valence-electron chi connectivity index (χ4n) is 1.68. The third-order valence-electron chi connectivity index (χ3n) is 2.61. The molecular weight excluding hydrogens is 282 g/mol. The molecule has 0 saturated carbocycles. The highest BCUT2D eigenvalue weighted by molar-refractivity contribution is 8.00. The van der Waals surface area contributed by atoms with E-state index in [2.05, 4.69) is 10.6 Å². The zero-order valence-electron chi connectivity index (χ0n) is 10.4. The first-order chi connectivity index (χ1) is 9.45. The van der Waals surface area contributed by atoms with Gasteiger partial charge in [0.15, 0.2) is 0 Å². The first-order valence-corrected chi connectivity index (χ1v) is 6.79. The Morgan fingerprint density at radius 1 is 1.50 bits per heavy atom. The molecule has 1 aromatic rings. The van der Waals surface area contributed by atoms with Crippen molar-refractivity contribution in [1.82, 2.24) is 0 Å². The number of anilines is 2. The van der Waals surface area contributed by atoms with E-state index in [4.69, 9.17) is 10.8 Å². The van der Waals surface area contributed by atoms with E-state index in [0.717, 1.165) is 4.90 Å². The van der Waals surface area contributed by atoms with Crippen LogP contribution in [-0.4, -0.2) is 34.7 Å². The standard InChI is InChI=1S/C12H13N3O4S/c13-7(4-11(17)18)12(19)14-6-1-2-9-8(3-6)15-10(16)5-20-9/h1-3,7H,4-5,13H2,(H,14,19)(H,15,16)(H,17,18). The Labute approximate surface area is 118 Å². The van der Waals surface area contributed by atoms with E-state index in [1.54, 1.807) is 18.2 Å². The molecule has 0 bridgehead atoms. The van der Waals surface area contributed by atoms with Gasteiger partial charge in [-0.15, -0.1) is 11.8 Å². The Morgan fingerprint density at radius 3 is 2.95 bits per heavy atom. The Morgan fingerprint density at radius 2 is 2.25 bits per heavy atom. The van der Waals surface area contributed by atoms with Crippen LogP contribution in [0.1, 0.15) is 6.42 Å². The van der Waals surface area contributed by atoms with Crippen molar-refractivity contribution in [2.24, 2.45) is 5.73 Å². The number of rotatable bonds is 4. The molecule has 1 aliphatic rings. The molecule has 1 unspecified atom stereocenters. The summed E-state index contributed by atoms with van der Waals surface area (Å²) in [6.45, 7) is 0. The molecule has 1 aliphatic heterocycles. The SMILES string of the molecule is NC(CC(=O)O)C(=O)Nc1ccc2c(c1)NC(=O)CS2. The number of nitrogens with two attached hydrogens (primary N) is 1. The number of hydrogen-bond acceptors (Lipinski definition) is 5. The fourth-order valence-corrected chi connectivity index (χ4v) is 2.47. The van der Waals surface area contributed by atoms with Crippen molar-refractivity contribution in [3.8, 4) is 0 Å². The Balaban J connectivity index is 2.07. The molecule has 2 amide bonds. The number of hydrogen-bond donors (Lipinski definition) is 4. The smallest absolute Gasteiger partial charge is 0.305 e. The van der Waals surface area contributed by atoms with Crippen molar-refractivity contribution >= 4 is 40.9 Å². The molecule has 1 aromatic carbocycles. The minimum atomic E-state index is -1.14. The van der Waals surface area contributed by atoms with E-state index in [1.165, 1.54) is 11.8 Å². The van der Waals surface area contributed by atoms with Crippen LogP contribution in [0.5, 0.6) is 0 Å². The van der Waals surface area contributed by atoms with Crippen LogP contribution in [0.15, 0.2) is 23.1 Å². The number of nitrogens with one attached hydrogen (secondary N) is 2. The maximum Gasteiger partial charge on any atom is 0.305 e. The van der Waals surface area contributed by atoms with E-state index in [0.29, 0.717) is 17.1 Å². The number of carboxylic acids is 1. The Kier molecular flexibility index (Phi) is 4.26. The van der Waals surface area contributed by atoms with Gasteiger partial charge in [-0.25, -0.2) is 0 Å². The Hall–Kier alpha value is -2.06. The number of carbonyl (C=O) groups excluding carboxylic acids is 2. The van der Waals surface area contributed by atoms with Crippen LogP contribution < -0.4 is 16.4 Å². The highest BCUT2D eigenvalue weighted by atomic mass is 32.2. The summed E-state index contributed by atoms with van der Waals surface area (Å²) in [4.78, 5) is 34.4. The summed E-state index contributed by atoms with van der Waals surface area (Å²) in [7, 11) is 0. The van der Waals surface area contributed by atoms with Crippen LogP contribution in [0.4, 0.5) is 11.4 Å². The van der Waals surface area contributed by atoms with Gasteiger partial charge in [0.25, 0.3) is 0 Å². The van der Waals surface area contributed by atoms with Crippen molar-refractivity contribution in [3.63, 3.8) is 0 Å². The number of fused-ring (bicyclic) bond motifs is 1. The maximum atomic E-state index is 11.7. The van der Waals surface area contributed by atoms with Crippen molar-refractivity contribution in [1.29, 1.82) is 0 Å². The predicted octanol–water partition coefficient (Wildman–Crippen LogP) is 0.471. The van der Waals surface area contributed by atoms with Crippen LogP contribution in [0.3, 0.4) is 0 Å². The van der Waals surface area contributed by atoms with Gasteiger partial charge in [-0.2, -0.15) is 0 Å². The second kappa shape index (κ2) is 5.93. The van der Waals surface area contributed by atoms with Gasteiger partial charge in [-0.3, -0.25) is 14.4 Å². The number of thioether (sulfide) groups is 1. The Bertz CT molecular complexity index is 576. The first-order valence-electron chi connectivity index (χ1n) is 5.80. The van der Waals surface area contributed by atoms with Gasteiger partial charge in [0.05, 0.1) is 23.9 Å². The lowest BCUT2D eigenvalue weighted by Crippen LogP contribution is -2.37. The summed E-state index contributed by atoms with van der Waals surface area (Å²) in [5.74, 6) is -1.46. The van der Waals surface area contributed by atoms with Crippen LogP contribution >= 0.6 is 11.8 Å². The third-order valence-corrected chi connectivity index (χ3v) is 3.68. The second-order valence-electron chi connectivity index (χ2n) is 4.24. The van der Waals surface area contributed by atoms with Gasteiger partial charge in [-0.1, -0.05) is 0 Å². The van der Waals surface area contributed by atoms with Crippen LogP contribution in [0.25, 0.3) is 0 Å². The van der Waals surface area contributed by atoms with Crippen LogP contribution in [0, 0.1) is 0 Å². The van der Waals surface area contributed by atoms with Gasteiger partial charge in [-0.05, 0) is 18.2 Å². The van der Waals surface area contributed by atoms with E-state index in [-0.39, 0.29) is 5.91 Å². The van der Waals surface area contributed by atoms with Gasteiger partial charge in [0.2, 0.25) is 11.8 Å². The van der Waals surface area contributed by atoms with Crippen molar-refractivity contribution in [2.45, 2.75) is 17.4 Å². The molecule has 0 fully saturated rings. The molecule has 0 radical (unpaired) electrons. The van der Waals surface area contributed by atoms with Gasteiger partial charge < -0.3 is 21.5 Å². The summed E-state index contributed by atoms with van der Waals surface area (Å²) in [6.07, 6.45) is -0.441. The third kappa shape index (κ3) is 3.49. The highest BCUT2D eigenvalue weighted by Gasteiger charge is 2.19. The summed E-state index contributed by atoms with van der Waals surface area (Å²) in [6, 6.07) is 3.95. The topological polar surface area (TPSA) is 122 Å². The van der Waals surface area contributed by atoms with E-state index in [1.807, 2.05) is 0 Å². The number of amides is 2. The molecule has 7 nitrogen and oxygen atoms in total. The summed E-state index contributed by atoms with van der Waals surface area (Å²) in [5.41, 5.74) is 6.54. The lowest BCUT2D eigenvalue weighted by atomic mass is 10.2. The number of aliphatic carboxylic acids is 1. The molecule has 0 saturated heterocycles. The number of benzene rings is 1. The zero-order valence-corrected chi connectivity index (χ0v) is 11.2. The number of carbonyl (C=O) groups is 3. The van der Waals surface area contributed by atoms with Gasteiger partial charge >= 0.3 is 5.97 Å². The van der Waals surface area contributed by atoms with Crippen molar-refractivity contribution in [2.75, 3.05) is 16.4 Å². The predicted molar refractivity (Wildman–Crippen MR) is 74.7 cm³/mol. The quantitative estimate of drug-likeness (QED) is 0.640. The largest absolute Gasteiger partial charge is 0.481 e.